The quantitative estimate of drug-likeness (QED) is 0.761. The van der Waals surface area contributed by atoms with Crippen molar-refractivity contribution in [1.82, 2.24) is 15.1 Å². The fourth-order valence-electron chi connectivity index (χ4n) is 3.46. The summed E-state index contributed by atoms with van der Waals surface area (Å²) in [5.74, 6) is -0.0127. The maximum atomic E-state index is 12.5. The highest BCUT2D eigenvalue weighted by Gasteiger charge is 2.33. The second-order valence-corrected chi connectivity index (χ2v) is 6.89. The molecule has 0 spiro atoms. The molecule has 27 heavy (non-hydrogen) atoms. The van der Waals surface area contributed by atoms with Crippen LogP contribution in [0, 0.1) is 0 Å². The molecule has 0 saturated carbocycles. The van der Waals surface area contributed by atoms with Crippen LogP contribution in [0.15, 0.2) is 24.3 Å². The third-order valence-corrected chi connectivity index (χ3v) is 5.06. The van der Waals surface area contributed by atoms with Crippen LogP contribution in [0.3, 0.4) is 0 Å². The van der Waals surface area contributed by atoms with Crippen molar-refractivity contribution < 1.29 is 14.4 Å². The summed E-state index contributed by atoms with van der Waals surface area (Å²) in [4.78, 5) is 40.5. The molecule has 1 saturated heterocycles. The lowest BCUT2D eigenvalue weighted by Crippen LogP contribution is -2.45. The average Bonchev–Trinajstić information content (AvgIpc) is 3.17. The Labute approximate surface area is 161 Å². The van der Waals surface area contributed by atoms with Gasteiger partial charge in [-0.2, -0.15) is 0 Å². The summed E-state index contributed by atoms with van der Waals surface area (Å²) in [5.41, 5.74) is 1.59. The number of benzene rings is 1. The Morgan fingerprint density at radius 3 is 2.37 bits per heavy atom. The van der Waals surface area contributed by atoms with Crippen molar-refractivity contribution in [2.45, 2.75) is 59.0 Å². The van der Waals surface area contributed by atoms with E-state index in [4.69, 9.17) is 0 Å². The number of nitrogens with one attached hydrogen (secondary N) is 1. The van der Waals surface area contributed by atoms with Crippen LogP contribution < -0.4 is 5.32 Å². The largest absolute Gasteiger partial charge is 0.350 e. The molecule has 1 heterocycles. The number of hydrogen-bond acceptors (Lipinski definition) is 3. The highest BCUT2D eigenvalue weighted by Crippen LogP contribution is 2.19. The number of likely N-dealkylation sites (tertiary alicyclic amines) is 1. The molecule has 6 nitrogen and oxygen atoms in total. The molecule has 2 rings (SSSR count). The van der Waals surface area contributed by atoms with E-state index in [1.165, 1.54) is 0 Å². The van der Waals surface area contributed by atoms with Crippen molar-refractivity contribution in [2.75, 3.05) is 19.6 Å². The van der Waals surface area contributed by atoms with Crippen LogP contribution in [0.2, 0.25) is 0 Å². The zero-order valence-corrected chi connectivity index (χ0v) is 16.7. The Hall–Kier alpha value is -2.37. The fraction of sp³-hybridized carbons (Fsp3) is 0.571. The fourth-order valence-corrected chi connectivity index (χ4v) is 3.46. The molecule has 1 fully saturated rings. The van der Waals surface area contributed by atoms with Crippen LogP contribution in [0.25, 0.3) is 0 Å². The molecule has 1 aromatic carbocycles. The van der Waals surface area contributed by atoms with E-state index in [9.17, 15) is 14.4 Å². The lowest BCUT2D eigenvalue weighted by atomic mass is 10.1. The van der Waals surface area contributed by atoms with Crippen molar-refractivity contribution >= 4 is 17.7 Å². The monoisotopic (exact) mass is 373 g/mol. The molecule has 6 heteroatoms. The molecule has 0 bridgehead atoms. The summed E-state index contributed by atoms with van der Waals surface area (Å²) in [6, 6.07) is 6.98. The minimum absolute atomic E-state index is 0.0200. The topological polar surface area (TPSA) is 69.7 Å². The first-order valence-electron chi connectivity index (χ1n) is 9.97. The summed E-state index contributed by atoms with van der Waals surface area (Å²) in [6.45, 7) is 8.32. The van der Waals surface area contributed by atoms with E-state index in [1.807, 2.05) is 32.9 Å². The van der Waals surface area contributed by atoms with E-state index in [-0.39, 0.29) is 23.8 Å². The second-order valence-electron chi connectivity index (χ2n) is 6.89. The Bertz CT molecular complexity index is 653. The first kappa shape index (κ1) is 20.9. The summed E-state index contributed by atoms with van der Waals surface area (Å²) < 4.78 is 0. The molecule has 0 aromatic heterocycles. The van der Waals surface area contributed by atoms with Crippen molar-refractivity contribution in [3.05, 3.63) is 35.4 Å². The molecule has 3 amide bonds. The second kappa shape index (κ2) is 10.1. The van der Waals surface area contributed by atoms with Gasteiger partial charge in [-0.1, -0.05) is 19.1 Å². The molecule has 148 valence electrons. The van der Waals surface area contributed by atoms with E-state index in [0.29, 0.717) is 38.2 Å². The normalized spacial score (nSPS) is 16.3. The molecule has 0 aliphatic carbocycles. The molecule has 1 atom stereocenters. The number of carbonyl (C=O) groups is 3. The van der Waals surface area contributed by atoms with Gasteiger partial charge in [0.2, 0.25) is 11.8 Å². The predicted molar refractivity (Wildman–Crippen MR) is 105 cm³/mol. The van der Waals surface area contributed by atoms with Crippen LogP contribution in [0.5, 0.6) is 0 Å². The van der Waals surface area contributed by atoms with Crippen molar-refractivity contribution in [2.24, 2.45) is 0 Å². The standard InChI is InChI=1S/C21H31N3O3/c1-4-8-19(25)24-14-7-9-18(24)20(26)22-15-16-10-12-17(13-11-16)21(27)23(5-2)6-3/h10-13,18H,4-9,14-15H2,1-3H3,(H,22,26). The minimum atomic E-state index is -0.354. The van der Waals surface area contributed by atoms with E-state index < -0.39 is 0 Å². The molecule has 1 aliphatic rings. The van der Waals surface area contributed by atoms with Gasteiger partial charge in [0.25, 0.3) is 5.91 Å². The van der Waals surface area contributed by atoms with E-state index >= 15 is 0 Å². The average molecular weight is 373 g/mol. The summed E-state index contributed by atoms with van der Waals surface area (Å²) in [5, 5.41) is 2.93. The highest BCUT2D eigenvalue weighted by atomic mass is 16.2. The number of carbonyl (C=O) groups excluding carboxylic acids is 3. The highest BCUT2D eigenvalue weighted by molar-refractivity contribution is 5.94. The summed E-state index contributed by atoms with van der Waals surface area (Å²) in [7, 11) is 0. The minimum Gasteiger partial charge on any atom is -0.350 e. The molecule has 1 aromatic rings. The molecule has 1 N–H and O–H groups in total. The number of hydrogen-bond donors (Lipinski definition) is 1. The van der Waals surface area contributed by atoms with Crippen molar-refractivity contribution in [1.29, 1.82) is 0 Å². The van der Waals surface area contributed by atoms with Crippen molar-refractivity contribution in [3.8, 4) is 0 Å². The number of rotatable bonds is 8. The van der Waals surface area contributed by atoms with Gasteiger partial charge in [-0.05, 0) is 50.8 Å². The van der Waals surface area contributed by atoms with Gasteiger partial charge in [0.15, 0.2) is 0 Å². The zero-order valence-electron chi connectivity index (χ0n) is 16.7. The first-order chi connectivity index (χ1) is 13.0. The lowest BCUT2D eigenvalue weighted by Gasteiger charge is -2.24. The van der Waals surface area contributed by atoms with Crippen molar-refractivity contribution in [3.63, 3.8) is 0 Å². The summed E-state index contributed by atoms with van der Waals surface area (Å²) >= 11 is 0. The molecule has 1 unspecified atom stereocenters. The third kappa shape index (κ3) is 5.31. The van der Waals surface area contributed by atoms with E-state index in [1.54, 1.807) is 21.9 Å². The number of nitrogens with zero attached hydrogens (tertiary/aromatic N) is 2. The Morgan fingerprint density at radius 2 is 1.78 bits per heavy atom. The molecule has 1 aliphatic heterocycles. The van der Waals surface area contributed by atoms with Gasteiger partial charge >= 0.3 is 0 Å². The van der Waals surface area contributed by atoms with Gasteiger partial charge in [-0.3, -0.25) is 14.4 Å². The van der Waals surface area contributed by atoms with Crippen LogP contribution >= 0.6 is 0 Å². The smallest absolute Gasteiger partial charge is 0.253 e. The molecule has 0 radical (unpaired) electrons. The van der Waals surface area contributed by atoms with Gasteiger partial charge in [0.1, 0.15) is 6.04 Å². The number of amides is 3. The van der Waals surface area contributed by atoms with Crippen LogP contribution in [0.4, 0.5) is 0 Å². The first-order valence-corrected chi connectivity index (χ1v) is 9.97. The maximum Gasteiger partial charge on any atom is 0.253 e. The van der Waals surface area contributed by atoms with Gasteiger partial charge in [-0.25, -0.2) is 0 Å². The van der Waals surface area contributed by atoms with Gasteiger partial charge < -0.3 is 15.1 Å². The van der Waals surface area contributed by atoms with Crippen LogP contribution in [-0.4, -0.2) is 53.2 Å². The molecular weight excluding hydrogens is 342 g/mol. The van der Waals surface area contributed by atoms with Crippen LogP contribution in [0.1, 0.15) is 62.4 Å². The zero-order chi connectivity index (χ0) is 19.8. The van der Waals surface area contributed by atoms with E-state index in [0.717, 1.165) is 24.8 Å². The van der Waals surface area contributed by atoms with E-state index in [2.05, 4.69) is 5.32 Å². The van der Waals surface area contributed by atoms with Gasteiger partial charge in [0.05, 0.1) is 0 Å². The maximum absolute atomic E-state index is 12.5. The summed E-state index contributed by atoms with van der Waals surface area (Å²) in [6.07, 6.45) is 2.88. The molecular formula is C21H31N3O3. The Balaban J connectivity index is 1.91. The van der Waals surface area contributed by atoms with Gasteiger partial charge in [0, 0.05) is 38.2 Å². The predicted octanol–water partition coefficient (Wildman–Crippen LogP) is 2.58. The van der Waals surface area contributed by atoms with Gasteiger partial charge in [-0.15, -0.1) is 0 Å². The Morgan fingerprint density at radius 1 is 1.11 bits per heavy atom. The SMILES string of the molecule is CCCC(=O)N1CCCC1C(=O)NCc1ccc(C(=O)N(CC)CC)cc1. The third-order valence-electron chi connectivity index (χ3n) is 5.06. The lowest BCUT2D eigenvalue weighted by molar-refractivity contribution is -0.138. The Kier molecular flexibility index (Phi) is 7.82. The van der Waals surface area contributed by atoms with Crippen LogP contribution in [-0.2, 0) is 16.1 Å².